The van der Waals surface area contributed by atoms with E-state index in [2.05, 4.69) is 61.6 Å². The van der Waals surface area contributed by atoms with Gasteiger partial charge < -0.3 is 0 Å². The van der Waals surface area contributed by atoms with Crippen molar-refractivity contribution in [3.63, 3.8) is 0 Å². The van der Waals surface area contributed by atoms with Crippen LogP contribution in [0.3, 0.4) is 0 Å². The van der Waals surface area contributed by atoms with Gasteiger partial charge in [0, 0.05) is 0 Å². The van der Waals surface area contributed by atoms with Gasteiger partial charge in [-0.25, -0.2) is 0 Å². The third kappa shape index (κ3) is 3.23. The molecule has 1 aliphatic rings. The van der Waals surface area contributed by atoms with Gasteiger partial charge in [0.05, 0.1) is 0 Å². The zero-order valence-electron chi connectivity index (χ0n) is 10.4. The highest BCUT2D eigenvalue weighted by atomic mass is 14.1. The fourth-order valence-electron chi connectivity index (χ4n) is 1.67. The van der Waals surface area contributed by atoms with Crippen LogP contribution in [0.25, 0.3) is 5.57 Å². The van der Waals surface area contributed by atoms with Crippen molar-refractivity contribution in [2.45, 2.75) is 27.2 Å². The normalized spacial score (nSPS) is 14.2. The first-order chi connectivity index (χ1) is 7.88. The number of benzene rings is 1. The Morgan fingerprint density at radius 3 is 2.19 bits per heavy atom. The van der Waals surface area contributed by atoms with Crippen molar-refractivity contribution < 1.29 is 0 Å². The van der Waals surface area contributed by atoms with Crippen LogP contribution in [0.1, 0.15) is 32.8 Å². The molecule has 16 heavy (non-hydrogen) atoms. The maximum absolute atomic E-state index is 2.21. The first-order valence-corrected chi connectivity index (χ1v) is 5.97. The summed E-state index contributed by atoms with van der Waals surface area (Å²) < 4.78 is 0. The summed E-state index contributed by atoms with van der Waals surface area (Å²) in [7, 11) is 0. The van der Waals surface area contributed by atoms with E-state index in [0.717, 1.165) is 6.42 Å². The van der Waals surface area contributed by atoms with Crippen LogP contribution >= 0.6 is 0 Å². The molecule has 0 bridgehead atoms. The smallest absolute Gasteiger partial charge is 0.0158 e. The highest BCUT2D eigenvalue weighted by Crippen LogP contribution is 2.22. The highest BCUT2D eigenvalue weighted by molar-refractivity contribution is 5.78. The topological polar surface area (TPSA) is 0 Å². The average molecular weight is 212 g/mol. The number of hydrogen-bond acceptors (Lipinski definition) is 0. The minimum atomic E-state index is 1.04. The molecule has 0 spiro atoms. The molecule has 0 aromatic heterocycles. The van der Waals surface area contributed by atoms with Crippen LogP contribution in [0.15, 0.2) is 60.2 Å². The van der Waals surface area contributed by atoms with E-state index in [-0.39, 0.29) is 0 Å². The predicted molar refractivity (Wildman–Crippen MR) is 73.3 cm³/mol. The second-order valence-electron chi connectivity index (χ2n) is 3.50. The molecule has 0 nitrogen and oxygen atoms in total. The lowest BCUT2D eigenvalue weighted by Crippen LogP contribution is -1.82. The Morgan fingerprint density at radius 2 is 1.50 bits per heavy atom. The number of hydrogen-bond donors (Lipinski definition) is 0. The van der Waals surface area contributed by atoms with Crippen molar-refractivity contribution in [3.05, 3.63) is 65.8 Å². The Hall–Kier alpha value is -1.56. The standard InChI is InChI=1S/C14H14.C2H6/c1-12-8-4-2-7-11-14(12)13-9-5-3-6-10-13;1-2/h3-11H,2H2,1H3;1-2H3. The summed E-state index contributed by atoms with van der Waals surface area (Å²) >= 11 is 0. The quantitative estimate of drug-likeness (QED) is 0.614. The molecule has 1 aromatic rings. The monoisotopic (exact) mass is 212 g/mol. The van der Waals surface area contributed by atoms with Gasteiger partial charge in [-0.2, -0.15) is 0 Å². The Kier molecular flexibility index (Phi) is 5.35. The van der Waals surface area contributed by atoms with Crippen LogP contribution < -0.4 is 0 Å². The van der Waals surface area contributed by atoms with E-state index in [1.807, 2.05) is 13.8 Å². The molecule has 0 fully saturated rings. The first-order valence-electron chi connectivity index (χ1n) is 5.97. The minimum Gasteiger partial charge on any atom is -0.0805 e. The molecule has 0 saturated heterocycles. The zero-order valence-corrected chi connectivity index (χ0v) is 10.4. The molecule has 0 radical (unpaired) electrons. The molecule has 0 amide bonds. The minimum absolute atomic E-state index is 1.04. The summed E-state index contributed by atoms with van der Waals surface area (Å²) in [4.78, 5) is 0. The third-order valence-electron chi connectivity index (χ3n) is 2.43. The lowest BCUT2D eigenvalue weighted by molar-refractivity contribution is 1.40. The summed E-state index contributed by atoms with van der Waals surface area (Å²) in [5.41, 5.74) is 3.97. The van der Waals surface area contributed by atoms with E-state index in [0.29, 0.717) is 0 Å². The third-order valence-corrected chi connectivity index (χ3v) is 2.43. The van der Waals surface area contributed by atoms with E-state index in [9.17, 15) is 0 Å². The summed E-state index contributed by atoms with van der Waals surface area (Å²) in [5.74, 6) is 0. The van der Waals surface area contributed by atoms with E-state index >= 15 is 0 Å². The molecule has 0 saturated carbocycles. The van der Waals surface area contributed by atoms with Crippen LogP contribution in [-0.4, -0.2) is 0 Å². The molecule has 0 heteroatoms. The molecule has 0 atom stereocenters. The zero-order chi connectivity index (χ0) is 11.8. The molecule has 1 aliphatic carbocycles. The van der Waals surface area contributed by atoms with Gasteiger partial charge in [0.25, 0.3) is 0 Å². The highest BCUT2D eigenvalue weighted by Gasteiger charge is 2.01. The van der Waals surface area contributed by atoms with Gasteiger partial charge in [-0.05, 0) is 30.1 Å². The second-order valence-corrected chi connectivity index (χ2v) is 3.50. The molecule has 0 N–H and O–H groups in total. The van der Waals surface area contributed by atoms with E-state index in [1.165, 1.54) is 16.7 Å². The van der Waals surface area contributed by atoms with Gasteiger partial charge in [0.15, 0.2) is 0 Å². The van der Waals surface area contributed by atoms with Crippen LogP contribution in [0.5, 0.6) is 0 Å². The molecule has 0 unspecified atom stereocenters. The molecule has 84 valence electrons. The SMILES string of the molecule is CC.CC1=C(c2ccccc2)C=CCC=C1. The number of rotatable bonds is 1. The second kappa shape index (κ2) is 6.84. The molecule has 1 aromatic carbocycles. The van der Waals surface area contributed by atoms with Gasteiger partial charge in [-0.3, -0.25) is 0 Å². The average Bonchev–Trinajstić information content (AvgIpc) is 2.58. The van der Waals surface area contributed by atoms with Crippen molar-refractivity contribution >= 4 is 5.57 Å². The van der Waals surface area contributed by atoms with Gasteiger partial charge >= 0.3 is 0 Å². The fraction of sp³-hybridized carbons (Fsp3) is 0.250. The van der Waals surface area contributed by atoms with Gasteiger partial charge in [-0.15, -0.1) is 0 Å². The van der Waals surface area contributed by atoms with Crippen LogP contribution in [0, 0.1) is 0 Å². The summed E-state index contributed by atoms with van der Waals surface area (Å²) in [6.45, 7) is 6.16. The Balaban J connectivity index is 0.000000606. The van der Waals surface area contributed by atoms with Crippen LogP contribution in [0.4, 0.5) is 0 Å². The van der Waals surface area contributed by atoms with E-state index in [4.69, 9.17) is 0 Å². The predicted octanol–water partition coefficient (Wildman–Crippen LogP) is 5.00. The van der Waals surface area contributed by atoms with Crippen LogP contribution in [0.2, 0.25) is 0 Å². The Labute approximate surface area is 99.0 Å². The molecule has 0 aliphatic heterocycles. The maximum Gasteiger partial charge on any atom is -0.0158 e. The van der Waals surface area contributed by atoms with Crippen molar-refractivity contribution in [2.75, 3.05) is 0 Å². The summed E-state index contributed by atoms with van der Waals surface area (Å²) in [6.07, 6.45) is 9.85. The van der Waals surface area contributed by atoms with Crippen LogP contribution in [-0.2, 0) is 0 Å². The molecular formula is C16H20. The van der Waals surface area contributed by atoms with E-state index < -0.39 is 0 Å². The van der Waals surface area contributed by atoms with Crippen molar-refractivity contribution in [2.24, 2.45) is 0 Å². The van der Waals surface area contributed by atoms with Gasteiger partial charge in [-0.1, -0.05) is 68.5 Å². The number of allylic oxidation sites excluding steroid dienone is 6. The lowest BCUT2D eigenvalue weighted by Gasteiger charge is -2.04. The molecule has 0 heterocycles. The van der Waals surface area contributed by atoms with Crippen molar-refractivity contribution in [1.29, 1.82) is 0 Å². The molecule has 2 rings (SSSR count). The summed E-state index contributed by atoms with van der Waals surface area (Å²) in [5, 5.41) is 0. The van der Waals surface area contributed by atoms with E-state index in [1.54, 1.807) is 0 Å². The first kappa shape index (κ1) is 12.5. The Bertz CT molecular complexity index is 391. The van der Waals surface area contributed by atoms with Crippen molar-refractivity contribution in [1.82, 2.24) is 0 Å². The Morgan fingerprint density at radius 1 is 0.875 bits per heavy atom. The van der Waals surface area contributed by atoms with Gasteiger partial charge in [0.1, 0.15) is 0 Å². The largest absolute Gasteiger partial charge is 0.0805 e. The lowest BCUT2D eigenvalue weighted by atomic mass is 10.0. The fourth-order valence-corrected chi connectivity index (χ4v) is 1.67. The van der Waals surface area contributed by atoms with Crippen molar-refractivity contribution in [3.8, 4) is 0 Å². The maximum atomic E-state index is 2.21. The molecular weight excluding hydrogens is 192 g/mol. The van der Waals surface area contributed by atoms with Gasteiger partial charge in [0.2, 0.25) is 0 Å². The summed E-state index contributed by atoms with van der Waals surface area (Å²) in [6, 6.07) is 10.5.